The predicted octanol–water partition coefficient (Wildman–Crippen LogP) is 0.646. The van der Waals surface area contributed by atoms with Crippen LogP contribution in [-0.2, 0) is 9.53 Å². The maximum atomic E-state index is 12.8. The number of piperazine rings is 1. The molecule has 0 unspecified atom stereocenters. The molecule has 0 aromatic heterocycles. The Morgan fingerprint density at radius 1 is 1.04 bits per heavy atom. The van der Waals surface area contributed by atoms with Gasteiger partial charge in [0.25, 0.3) is 5.91 Å². The highest BCUT2D eigenvalue weighted by atomic mass is 35.5. The Morgan fingerprint density at radius 3 is 2.30 bits per heavy atom. The van der Waals surface area contributed by atoms with Crippen LogP contribution in [0.15, 0.2) is 18.2 Å². The van der Waals surface area contributed by atoms with E-state index in [2.05, 4.69) is 5.32 Å². The minimum Gasteiger partial charge on any atom is -0.497 e. The number of carbonyl (C=O) groups is 2. The van der Waals surface area contributed by atoms with Crippen LogP contribution in [-0.4, -0.2) is 88.8 Å². The molecule has 0 bridgehead atoms. The minimum absolute atomic E-state index is 0. The maximum absolute atomic E-state index is 12.8. The van der Waals surface area contributed by atoms with Gasteiger partial charge in [-0.3, -0.25) is 9.59 Å². The van der Waals surface area contributed by atoms with Crippen molar-refractivity contribution in [3.63, 3.8) is 0 Å². The molecular weight excluding hydrogens is 374 g/mol. The molecule has 0 atom stereocenters. The van der Waals surface area contributed by atoms with Crippen LogP contribution < -0.4 is 14.8 Å². The van der Waals surface area contributed by atoms with Crippen molar-refractivity contribution in [2.75, 3.05) is 67.2 Å². The SMILES string of the molecule is COCCNCC(=O)N1CCN(C(=O)c2ccc(OC)cc2OC)CC1.Cl. The third-order valence-electron chi connectivity index (χ3n) is 4.32. The Kier molecular flexibility index (Phi) is 9.92. The number of hydrogen-bond acceptors (Lipinski definition) is 6. The second-order valence-corrected chi connectivity index (χ2v) is 5.91. The van der Waals surface area contributed by atoms with Crippen LogP contribution >= 0.6 is 12.4 Å². The van der Waals surface area contributed by atoms with E-state index in [9.17, 15) is 9.59 Å². The third-order valence-corrected chi connectivity index (χ3v) is 4.32. The van der Waals surface area contributed by atoms with Crippen molar-refractivity contribution >= 4 is 24.2 Å². The second-order valence-electron chi connectivity index (χ2n) is 5.91. The lowest BCUT2D eigenvalue weighted by molar-refractivity contribution is -0.131. The molecule has 0 aliphatic carbocycles. The number of methoxy groups -OCH3 is 3. The van der Waals surface area contributed by atoms with Gasteiger partial charge in [0.2, 0.25) is 5.91 Å². The molecule has 0 spiro atoms. The van der Waals surface area contributed by atoms with Gasteiger partial charge in [-0.2, -0.15) is 0 Å². The van der Waals surface area contributed by atoms with Crippen LogP contribution in [0, 0.1) is 0 Å². The van der Waals surface area contributed by atoms with E-state index in [1.165, 1.54) is 7.11 Å². The maximum Gasteiger partial charge on any atom is 0.257 e. The molecule has 1 aromatic carbocycles. The van der Waals surface area contributed by atoms with Gasteiger partial charge in [-0.1, -0.05) is 0 Å². The van der Waals surface area contributed by atoms with Gasteiger partial charge in [-0.15, -0.1) is 12.4 Å². The van der Waals surface area contributed by atoms with Crippen molar-refractivity contribution in [2.45, 2.75) is 0 Å². The standard InChI is InChI=1S/C18H27N3O5.ClH/c1-24-11-6-19-13-17(22)20-7-9-21(10-8-20)18(23)15-5-4-14(25-2)12-16(15)26-3;/h4-5,12,19H,6-11,13H2,1-3H3;1H. The van der Waals surface area contributed by atoms with Crippen LogP contribution in [0.2, 0.25) is 0 Å². The fraction of sp³-hybridized carbons (Fsp3) is 0.556. The van der Waals surface area contributed by atoms with Crippen molar-refractivity contribution in [2.24, 2.45) is 0 Å². The van der Waals surface area contributed by atoms with Crippen molar-refractivity contribution in [1.82, 2.24) is 15.1 Å². The highest BCUT2D eigenvalue weighted by molar-refractivity contribution is 5.97. The van der Waals surface area contributed by atoms with E-state index in [-0.39, 0.29) is 30.8 Å². The zero-order valence-electron chi connectivity index (χ0n) is 16.0. The lowest BCUT2D eigenvalue weighted by Gasteiger charge is -2.35. The van der Waals surface area contributed by atoms with Crippen molar-refractivity contribution in [3.05, 3.63) is 23.8 Å². The summed E-state index contributed by atoms with van der Waals surface area (Å²) in [6.07, 6.45) is 0. The molecule has 1 heterocycles. The number of benzene rings is 1. The number of nitrogens with one attached hydrogen (secondary N) is 1. The molecule has 27 heavy (non-hydrogen) atoms. The van der Waals surface area contributed by atoms with Gasteiger partial charge < -0.3 is 29.3 Å². The molecule has 1 saturated heterocycles. The molecular formula is C18H28ClN3O5. The van der Waals surface area contributed by atoms with Gasteiger partial charge in [-0.05, 0) is 12.1 Å². The average molecular weight is 402 g/mol. The number of hydrogen-bond donors (Lipinski definition) is 1. The lowest BCUT2D eigenvalue weighted by atomic mass is 10.1. The average Bonchev–Trinajstić information content (AvgIpc) is 2.70. The number of ether oxygens (including phenoxy) is 3. The number of nitrogens with zero attached hydrogens (tertiary/aromatic N) is 2. The van der Waals surface area contributed by atoms with E-state index in [4.69, 9.17) is 14.2 Å². The zero-order valence-corrected chi connectivity index (χ0v) is 16.8. The molecule has 1 aliphatic heterocycles. The summed E-state index contributed by atoms with van der Waals surface area (Å²) in [5.41, 5.74) is 0.495. The van der Waals surface area contributed by atoms with Gasteiger partial charge in [0.15, 0.2) is 0 Å². The van der Waals surface area contributed by atoms with E-state index >= 15 is 0 Å². The Balaban J connectivity index is 0.00000364. The molecule has 1 N–H and O–H groups in total. The van der Waals surface area contributed by atoms with Gasteiger partial charge >= 0.3 is 0 Å². The molecule has 2 rings (SSSR count). The molecule has 1 aliphatic rings. The predicted molar refractivity (Wildman–Crippen MR) is 104 cm³/mol. The largest absolute Gasteiger partial charge is 0.497 e. The summed E-state index contributed by atoms with van der Waals surface area (Å²) in [6, 6.07) is 5.14. The Bertz CT molecular complexity index is 621. The fourth-order valence-electron chi connectivity index (χ4n) is 2.79. The van der Waals surface area contributed by atoms with Crippen molar-refractivity contribution < 1.29 is 23.8 Å². The van der Waals surface area contributed by atoms with Crippen LogP contribution in [0.4, 0.5) is 0 Å². The van der Waals surface area contributed by atoms with Crippen molar-refractivity contribution in [1.29, 1.82) is 0 Å². The first-order valence-corrected chi connectivity index (χ1v) is 8.59. The number of amides is 2. The molecule has 1 fully saturated rings. The van der Waals surface area contributed by atoms with Gasteiger partial charge in [0.1, 0.15) is 11.5 Å². The van der Waals surface area contributed by atoms with E-state index in [1.54, 1.807) is 42.2 Å². The summed E-state index contributed by atoms with van der Waals surface area (Å²) >= 11 is 0. The van der Waals surface area contributed by atoms with E-state index in [0.29, 0.717) is 56.4 Å². The first-order valence-electron chi connectivity index (χ1n) is 8.59. The third kappa shape index (κ3) is 6.27. The van der Waals surface area contributed by atoms with Gasteiger partial charge in [-0.25, -0.2) is 0 Å². The van der Waals surface area contributed by atoms with Crippen LogP contribution in [0.3, 0.4) is 0 Å². The summed E-state index contributed by atoms with van der Waals surface area (Å²) in [7, 11) is 4.72. The number of rotatable bonds is 8. The Labute approximate surface area is 166 Å². The lowest BCUT2D eigenvalue weighted by Crippen LogP contribution is -2.52. The topological polar surface area (TPSA) is 80.3 Å². The quantitative estimate of drug-likeness (QED) is 0.644. The normalized spacial score (nSPS) is 13.7. The Morgan fingerprint density at radius 2 is 1.70 bits per heavy atom. The molecule has 1 aromatic rings. The summed E-state index contributed by atoms with van der Waals surface area (Å²) in [6.45, 7) is 3.53. The second kappa shape index (κ2) is 11.6. The fourth-order valence-corrected chi connectivity index (χ4v) is 2.79. The highest BCUT2D eigenvalue weighted by Crippen LogP contribution is 2.26. The number of halogens is 1. The van der Waals surface area contributed by atoms with Crippen LogP contribution in [0.5, 0.6) is 11.5 Å². The van der Waals surface area contributed by atoms with Crippen LogP contribution in [0.1, 0.15) is 10.4 Å². The summed E-state index contributed by atoms with van der Waals surface area (Å²) in [5, 5.41) is 3.04. The summed E-state index contributed by atoms with van der Waals surface area (Å²) in [5.74, 6) is 1.05. The van der Waals surface area contributed by atoms with Crippen molar-refractivity contribution in [3.8, 4) is 11.5 Å². The Hall–Kier alpha value is -2.03. The summed E-state index contributed by atoms with van der Waals surface area (Å²) < 4.78 is 15.4. The van der Waals surface area contributed by atoms with Gasteiger partial charge in [0, 0.05) is 45.9 Å². The number of carbonyl (C=O) groups excluding carboxylic acids is 2. The molecule has 152 valence electrons. The minimum atomic E-state index is -0.102. The zero-order chi connectivity index (χ0) is 18.9. The molecule has 0 radical (unpaired) electrons. The van der Waals surface area contributed by atoms with Gasteiger partial charge in [0.05, 0.1) is 32.9 Å². The molecule has 0 saturated carbocycles. The first-order chi connectivity index (χ1) is 12.6. The molecule has 9 heteroatoms. The van der Waals surface area contributed by atoms with E-state index < -0.39 is 0 Å². The van der Waals surface area contributed by atoms with E-state index in [0.717, 1.165) is 0 Å². The van der Waals surface area contributed by atoms with E-state index in [1.807, 2.05) is 0 Å². The highest BCUT2D eigenvalue weighted by Gasteiger charge is 2.26. The monoisotopic (exact) mass is 401 g/mol. The van der Waals surface area contributed by atoms with Crippen LogP contribution in [0.25, 0.3) is 0 Å². The smallest absolute Gasteiger partial charge is 0.257 e. The molecule has 8 nitrogen and oxygen atoms in total. The summed E-state index contributed by atoms with van der Waals surface area (Å²) in [4.78, 5) is 28.5. The first kappa shape index (κ1) is 23.0. The molecule has 2 amide bonds.